The van der Waals surface area contributed by atoms with E-state index in [-0.39, 0.29) is 12.1 Å². The van der Waals surface area contributed by atoms with E-state index in [1.54, 1.807) is 18.2 Å². The SMILES string of the molecule is C=C(Cl)CNC(=O)N(C)c1ccccc1C(=O)O. The maximum Gasteiger partial charge on any atom is 0.337 e. The van der Waals surface area contributed by atoms with E-state index in [0.29, 0.717) is 10.7 Å². The van der Waals surface area contributed by atoms with Crippen molar-refractivity contribution < 1.29 is 14.7 Å². The number of para-hydroxylation sites is 1. The highest BCUT2D eigenvalue weighted by Crippen LogP contribution is 2.19. The first-order valence-electron chi connectivity index (χ1n) is 5.10. The van der Waals surface area contributed by atoms with E-state index < -0.39 is 12.0 Å². The summed E-state index contributed by atoms with van der Waals surface area (Å²) in [7, 11) is 1.48. The van der Waals surface area contributed by atoms with E-state index in [9.17, 15) is 9.59 Å². The van der Waals surface area contributed by atoms with Gasteiger partial charge in [0.15, 0.2) is 0 Å². The van der Waals surface area contributed by atoms with E-state index in [2.05, 4.69) is 11.9 Å². The number of urea groups is 1. The number of nitrogens with one attached hydrogen (secondary N) is 1. The molecule has 0 fully saturated rings. The third-order valence-corrected chi connectivity index (χ3v) is 2.37. The molecule has 2 N–H and O–H groups in total. The Morgan fingerprint density at radius 3 is 2.61 bits per heavy atom. The summed E-state index contributed by atoms with van der Waals surface area (Å²) in [5.74, 6) is -1.09. The average Bonchev–Trinajstić information content (AvgIpc) is 2.34. The highest BCUT2D eigenvalue weighted by atomic mass is 35.5. The molecular weight excluding hydrogens is 256 g/mol. The van der Waals surface area contributed by atoms with Crippen LogP contribution in [-0.2, 0) is 0 Å². The van der Waals surface area contributed by atoms with Crippen molar-refractivity contribution in [2.75, 3.05) is 18.5 Å². The van der Waals surface area contributed by atoms with E-state index in [4.69, 9.17) is 16.7 Å². The first-order chi connectivity index (χ1) is 8.43. The number of aromatic carboxylic acids is 1. The van der Waals surface area contributed by atoms with Crippen LogP contribution < -0.4 is 10.2 Å². The minimum Gasteiger partial charge on any atom is -0.478 e. The summed E-state index contributed by atoms with van der Waals surface area (Å²) >= 11 is 5.53. The van der Waals surface area contributed by atoms with Gasteiger partial charge in [0.2, 0.25) is 0 Å². The molecule has 0 radical (unpaired) electrons. The Morgan fingerprint density at radius 1 is 1.44 bits per heavy atom. The van der Waals surface area contributed by atoms with Crippen LogP contribution in [0.15, 0.2) is 35.9 Å². The van der Waals surface area contributed by atoms with Gasteiger partial charge in [0.05, 0.1) is 17.8 Å². The number of benzene rings is 1. The first-order valence-corrected chi connectivity index (χ1v) is 5.48. The summed E-state index contributed by atoms with van der Waals surface area (Å²) in [6, 6.07) is 5.79. The second-order valence-electron chi connectivity index (χ2n) is 3.56. The molecular formula is C12H13ClN2O3. The summed E-state index contributed by atoms with van der Waals surface area (Å²) in [6.45, 7) is 3.57. The summed E-state index contributed by atoms with van der Waals surface area (Å²) in [4.78, 5) is 24.0. The maximum atomic E-state index is 11.7. The molecule has 1 aromatic carbocycles. The summed E-state index contributed by atoms with van der Waals surface area (Å²) < 4.78 is 0. The molecule has 5 nitrogen and oxygen atoms in total. The van der Waals surface area contributed by atoms with Crippen LogP contribution in [0.2, 0.25) is 0 Å². The van der Waals surface area contributed by atoms with Crippen molar-refractivity contribution in [3.05, 3.63) is 41.4 Å². The summed E-state index contributed by atoms with van der Waals surface area (Å²) in [5, 5.41) is 11.8. The molecule has 2 amide bonds. The van der Waals surface area contributed by atoms with Crippen LogP contribution >= 0.6 is 11.6 Å². The zero-order chi connectivity index (χ0) is 13.7. The van der Waals surface area contributed by atoms with Gasteiger partial charge in [-0.05, 0) is 12.1 Å². The number of amides is 2. The Kier molecular flexibility index (Phi) is 4.74. The number of anilines is 1. The predicted molar refractivity (Wildman–Crippen MR) is 70.2 cm³/mol. The van der Waals surface area contributed by atoms with E-state index in [1.807, 2.05) is 0 Å². The molecule has 0 saturated carbocycles. The van der Waals surface area contributed by atoms with Crippen molar-refractivity contribution in [3.8, 4) is 0 Å². The highest BCUT2D eigenvalue weighted by molar-refractivity contribution is 6.29. The molecule has 6 heteroatoms. The molecule has 0 atom stereocenters. The molecule has 0 aromatic heterocycles. The molecule has 0 aliphatic rings. The van der Waals surface area contributed by atoms with Crippen LogP contribution in [0.3, 0.4) is 0 Å². The number of rotatable bonds is 4. The van der Waals surface area contributed by atoms with Crippen molar-refractivity contribution in [1.29, 1.82) is 0 Å². The Morgan fingerprint density at radius 2 is 2.06 bits per heavy atom. The Labute approximate surface area is 110 Å². The van der Waals surface area contributed by atoms with Gasteiger partial charge in [0, 0.05) is 12.1 Å². The average molecular weight is 269 g/mol. The fourth-order valence-corrected chi connectivity index (χ4v) is 1.41. The van der Waals surface area contributed by atoms with Gasteiger partial charge in [0.1, 0.15) is 0 Å². The van der Waals surface area contributed by atoms with Crippen LogP contribution in [0.1, 0.15) is 10.4 Å². The number of hydrogen-bond acceptors (Lipinski definition) is 2. The molecule has 18 heavy (non-hydrogen) atoms. The van der Waals surface area contributed by atoms with Crippen LogP contribution in [0, 0.1) is 0 Å². The van der Waals surface area contributed by atoms with Gasteiger partial charge < -0.3 is 10.4 Å². The number of carboxylic acid groups (broad SMARTS) is 1. The lowest BCUT2D eigenvalue weighted by Gasteiger charge is -2.19. The Hall–Kier alpha value is -2.01. The predicted octanol–water partition coefficient (Wildman–Crippen LogP) is 2.28. The van der Waals surface area contributed by atoms with Crippen molar-refractivity contribution in [1.82, 2.24) is 5.32 Å². The minimum absolute atomic E-state index is 0.0554. The normalized spacial score (nSPS) is 9.67. The van der Waals surface area contributed by atoms with Crippen LogP contribution in [0.25, 0.3) is 0 Å². The van der Waals surface area contributed by atoms with Gasteiger partial charge in [-0.2, -0.15) is 0 Å². The van der Waals surface area contributed by atoms with Crippen LogP contribution in [-0.4, -0.2) is 30.7 Å². The molecule has 0 heterocycles. The summed E-state index contributed by atoms with van der Waals surface area (Å²) in [6.07, 6.45) is 0. The maximum absolute atomic E-state index is 11.7. The smallest absolute Gasteiger partial charge is 0.337 e. The number of hydrogen-bond donors (Lipinski definition) is 2. The molecule has 0 bridgehead atoms. The van der Waals surface area contributed by atoms with Gasteiger partial charge in [-0.3, -0.25) is 4.90 Å². The zero-order valence-electron chi connectivity index (χ0n) is 9.81. The van der Waals surface area contributed by atoms with Gasteiger partial charge in [-0.25, -0.2) is 9.59 Å². The number of carbonyl (C=O) groups is 2. The molecule has 0 aliphatic heterocycles. The quantitative estimate of drug-likeness (QED) is 0.880. The fraction of sp³-hybridized carbons (Fsp3) is 0.167. The standard InChI is InChI=1S/C12H13ClN2O3/c1-8(13)7-14-12(18)15(2)10-6-4-3-5-9(10)11(16)17/h3-6H,1,7H2,2H3,(H,14,18)(H,16,17). The van der Waals surface area contributed by atoms with E-state index in [0.717, 1.165) is 0 Å². The van der Waals surface area contributed by atoms with Gasteiger partial charge in [-0.15, -0.1) is 0 Å². The largest absolute Gasteiger partial charge is 0.478 e. The second-order valence-corrected chi connectivity index (χ2v) is 4.09. The Balaban J connectivity index is 2.89. The van der Waals surface area contributed by atoms with Gasteiger partial charge in [0.25, 0.3) is 0 Å². The van der Waals surface area contributed by atoms with Gasteiger partial charge >= 0.3 is 12.0 Å². The summed E-state index contributed by atoms with van der Waals surface area (Å²) in [5.41, 5.74) is 0.363. The minimum atomic E-state index is -1.09. The first kappa shape index (κ1) is 14.1. The molecule has 0 unspecified atom stereocenters. The zero-order valence-corrected chi connectivity index (χ0v) is 10.6. The van der Waals surface area contributed by atoms with Crippen molar-refractivity contribution in [2.45, 2.75) is 0 Å². The number of halogens is 1. The molecule has 0 aliphatic carbocycles. The van der Waals surface area contributed by atoms with E-state index >= 15 is 0 Å². The number of carboxylic acids is 1. The molecule has 1 rings (SSSR count). The lowest BCUT2D eigenvalue weighted by atomic mass is 10.1. The topological polar surface area (TPSA) is 69.6 Å². The number of carbonyl (C=O) groups excluding carboxylic acids is 1. The lowest BCUT2D eigenvalue weighted by Crippen LogP contribution is -2.38. The van der Waals surface area contributed by atoms with Crippen LogP contribution in [0.4, 0.5) is 10.5 Å². The van der Waals surface area contributed by atoms with Crippen molar-refractivity contribution in [2.24, 2.45) is 0 Å². The third kappa shape index (κ3) is 3.49. The third-order valence-electron chi connectivity index (χ3n) is 2.23. The molecule has 96 valence electrons. The van der Waals surface area contributed by atoms with E-state index in [1.165, 1.54) is 18.0 Å². The monoisotopic (exact) mass is 268 g/mol. The fourth-order valence-electron chi connectivity index (χ4n) is 1.35. The molecule has 1 aromatic rings. The van der Waals surface area contributed by atoms with Crippen molar-refractivity contribution in [3.63, 3.8) is 0 Å². The highest BCUT2D eigenvalue weighted by Gasteiger charge is 2.17. The van der Waals surface area contributed by atoms with Crippen molar-refractivity contribution >= 4 is 29.3 Å². The molecule has 0 spiro atoms. The Bertz CT molecular complexity index is 488. The number of nitrogens with zero attached hydrogens (tertiary/aromatic N) is 1. The molecule has 0 saturated heterocycles. The second kappa shape index (κ2) is 6.07. The van der Waals surface area contributed by atoms with Crippen LogP contribution in [0.5, 0.6) is 0 Å². The van der Waals surface area contributed by atoms with Gasteiger partial charge in [-0.1, -0.05) is 30.3 Å². The lowest BCUT2D eigenvalue weighted by molar-refractivity contribution is 0.0697.